The Hall–Kier alpha value is -1.85. The van der Waals surface area contributed by atoms with Gasteiger partial charge in [0, 0.05) is 25.3 Å². The van der Waals surface area contributed by atoms with Crippen LogP contribution in [-0.4, -0.2) is 46.7 Å². The maximum atomic E-state index is 12.1. The summed E-state index contributed by atoms with van der Waals surface area (Å²) in [6.07, 6.45) is 2.77. The third-order valence-electron chi connectivity index (χ3n) is 3.80. The lowest BCUT2D eigenvalue weighted by Crippen LogP contribution is -2.42. The molecule has 1 unspecified atom stereocenters. The van der Waals surface area contributed by atoms with Gasteiger partial charge in [0.05, 0.1) is 6.07 Å². The zero-order valence-electron chi connectivity index (χ0n) is 11.6. The minimum Gasteiger partial charge on any atom is -0.477 e. The van der Waals surface area contributed by atoms with E-state index < -0.39 is 21.2 Å². The van der Waals surface area contributed by atoms with Crippen LogP contribution in [0.2, 0.25) is 0 Å². The summed E-state index contributed by atoms with van der Waals surface area (Å²) in [5.41, 5.74) is 0.210. The van der Waals surface area contributed by atoms with E-state index in [0.29, 0.717) is 25.9 Å². The molecular formula is C13H17N3O4S. The first-order valence-corrected chi connectivity index (χ1v) is 8.17. The second-order valence-corrected chi connectivity index (χ2v) is 7.31. The molecule has 0 aromatic carbocycles. The van der Waals surface area contributed by atoms with Gasteiger partial charge in [0.1, 0.15) is 5.69 Å². The highest BCUT2D eigenvalue weighted by Gasteiger charge is 2.33. The molecule has 0 radical (unpaired) electrons. The summed E-state index contributed by atoms with van der Waals surface area (Å²) in [5.74, 6) is -0.992. The molecular weight excluding hydrogens is 294 g/mol. The van der Waals surface area contributed by atoms with Crippen molar-refractivity contribution in [1.29, 1.82) is 5.26 Å². The zero-order chi connectivity index (χ0) is 15.6. The number of nitrogens with zero attached hydrogens (tertiary/aromatic N) is 3. The Morgan fingerprint density at radius 3 is 2.62 bits per heavy atom. The van der Waals surface area contributed by atoms with Crippen LogP contribution in [0.3, 0.4) is 0 Å². The molecule has 1 N–H and O–H groups in total. The summed E-state index contributed by atoms with van der Waals surface area (Å²) in [7, 11) is -3.58. The van der Waals surface area contributed by atoms with Gasteiger partial charge in [-0.25, -0.2) is 17.5 Å². The maximum absolute atomic E-state index is 12.1. The Kier molecular flexibility index (Phi) is 4.34. The van der Waals surface area contributed by atoms with Crippen molar-refractivity contribution in [3.05, 3.63) is 24.0 Å². The number of rotatable bonds is 4. The number of nitriles is 1. The number of carboxylic acids is 1. The lowest BCUT2D eigenvalue weighted by atomic mass is 10.1. The second-order valence-electron chi connectivity index (χ2n) is 5.05. The summed E-state index contributed by atoms with van der Waals surface area (Å²) >= 11 is 0. The number of piperidine rings is 1. The highest BCUT2D eigenvalue weighted by molar-refractivity contribution is 7.89. The fourth-order valence-corrected chi connectivity index (χ4v) is 3.86. The third kappa shape index (κ3) is 2.94. The Bertz CT molecular complexity index is 666. The van der Waals surface area contributed by atoms with Gasteiger partial charge in [-0.2, -0.15) is 5.26 Å². The first-order chi connectivity index (χ1) is 9.87. The first kappa shape index (κ1) is 15.5. The summed E-state index contributed by atoms with van der Waals surface area (Å²) in [4.78, 5) is 11.1. The van der Waals surface area contributed by atoms with Gasteiger partial charge in [-0.3, -0.25) is 0 Å². The fourth-order valence-electron chi connectivity index (χ4n) is 2.56. The van der Waals surface area contributed by atoms with E-state index in [0.717, 1.165) is 0 Å². The molecule has 1 aliphatic heterocycles. The molecule has 1 aromatic heterocycles. The van der Waals surface area contributed by atoms with Crippen molar-refractivity contribution in [3.8, 4) is 6.07 Å². The van der Waals surface area contributed by atoms with Gasteiger partial charge in [-0.15, -0.1) is 0 Å². The van der Waals surface area contributed by atoms with Crippen molar-refractivity contribution >= 4 is 16.0 Å². The van der Waals surface area contributed by atoms with E-state index >= 15 is 0 Å². The van der Waals surface area contributed by atoms with Gasteiger partial charge in [-0.05, 0) is 31.9 Å². The lowest BCUT2D eigenvalue weighted by molar-refractivity contribution is 0.0680. The molecule has 1 aromatic rings. The van der Waals surface area contributed by atoms with Crippen molar-refractivity contribution in [2.45, 2.75) is 31.1 Å². The van der Waals surface area contributed by atoms with Crippen LogP contribution in [0.15, 0.2) is 18.3 Å². The van der Waals surface area contributed by atoms with Gasteiger partial charge < -0.3 is 9.67 Å². The molecule has 114 valence electrons. The Morgan fingerprint density at radius 2 is 2.10 bits per heavy atom. The number of carboxylic acid groups (broad SMARTS) is 1. The van der Waals surface area contributed by atoms with E-state index in [4.69, 9.17) is 10.4 Å². The summed E-state index contributed by atoms with van der Waals surface area (Å²) < 4.78 is 27.2. The van der Waals surface area contributed by atoms with Crippen LogP contribution in [0.4, 0.5) is 0 Å². The Labute approximate surface area is 123 Å². The molecule has 0 aliphatic carbocycles. The van der Waals surface area contributed by atoms with Crippen molar-refractivity contribution in [1.82, 2.24) is 8.87 Å². The van der Waals surface area contributed by atoms with Crippen LogP contribution in [0.1, 0.15) is 36.3 Å². The molecule has 1 fully saturated rings. The number of hydrogen-bond acceptors (Lipinski definition) is 4. The van der Waals surface area contributed by atoms with Gasteiger partial charge >= 0.3 is 5.97 Å². The van der Waals surface area contributed by atoms with Crippen LogP contribution < -0.4 is 0 Å². The van der Waals surface area contributed by atoms with E-state index in [1.54, 1.807) is 22.9 Å². The van der Waals surface area contributed by atoms with Crippen LogP contribution >= 0.6 is 0 Å². The van der Waals surface area contributed by atoms with Crippen molar-refractivity contribution < 1.29 is 18.3 Å². The largest absolute Gasteiger partial charge is 0.477 e. The zero-order valence-corrected chi connectivity index (χ0v) is 12.5. The molecule has 0 amide bonds. The predicted molar refractivity (Wildman–Crippen MR) is 75.2 cm³/mol. The normalized spacial score (nSPS) is 19.0. The number of carbonyl (C=O) groups is 1. The molecule has 1 aliphatic rings. The molecule has 21 heavy (non-hydrogen) atoms. The maximum Gasteiger partial charge on any atom is 0.352 e. The topological polar surface area (TPSA) is 103 Å². The van der Waals surface area contributed by atoms with Crippen molar-refractivity contribution in [2.75, 3.05) is 13.1 Å². The molecule has 2 heterocycles. The van der Waals surface area contributed by atoms with Gasteiger partial charge in [0.2, 0.25) is 10.0 Å². The second kappa shape index (κ2) is 5.87. The first-order valence-electron chi connectivity index (χ1n) is 6.66. The number of hydrogen-bond donors (Lipinski definition) is 1. The minimum absolute atomic E-state index is 0.0325. The van der Waals surface area contributed by atoms with Crippen molar-refractivity contribution in [3.63, 3.8) is 0 Å². The SMILES string of the molecule is CC(C#N)S(=O)(=O)N1CCC(n2cccc2C(=O)O)CC1. The van der Waals surface area contributed by atoms with Crippen molar-refractivity contribution in [2.24, 2.45) is 0 Å². The van der Waals surface area contributed by atoms with E-state index in [1.165, 1.54) is 17.3 Å². The molecule has 2 rings (SSSR count). The third-order valence-corrected chi connectivity index (χ3v) is 5.89. The number of aromatic carboxylic acids is 1. The molecule has 7 nitrogen and oxygen atoms in total. The predicted octanol–water partition coefficient (Wildman–Crippen LogP) is 1.07. The van der Waals surface area contributed by atoms with Crippen LogP contribution in [-0.2, 0) is 10.0 Å². The van der Waals surface area contributed by atoms with Crippen LogP contribution in [0, 0.1) is 11.3 Å². The molecule has 8 heteroatoms. The average Bonchev–Trinajstić information content (AvgIpc) is 2.96. The number of aromatic nitrogens is 1. The van der Waals surface area contributed by atoms with Gasteiger partial charge in [0.25, 0.3) is 0 Å². The van der Waals surface area contributed by atoms with E-state index in [-0.39, 0.29) is 11.7 Å². The molecule has 0 spiro atoms. The van der Waals surface area contributed by atoms with Gasteiger partial charge in [-0.1, -0.05) is 0 Å². The van der Waals surface area contributed by atoms with E-state index in [9.17, 15) is 13.2 Å². The van der Waals surface area contributed by atoms with Crippen LogP contribution in [0.5, 0.6) is 0 Å². The lowest BCUT2D eigenvalue weighted by Gasteiger charge is -2.33. The van der Waals surface area contributed by atoms with E-state index in [1.807, 2.05) is 0 Å². The monoisotopic (exact) mass is 311 g/mol. The molecule has 0 bridgehead atoms. The standard InChI is InChI=1S/C13H17N3O4S/c1-10(9-14)21(19,20)15-7-4-11(5-8-15)16-6-2-3-12(16)13(17)18/h2-3,6,10-11H,4-5,7-8H2,1H3,(H,17,18). The highest BCUT2D eigenvalue weighted by atomic mass is 32.2. The van der Waals surface area contributed by atoms with Gasteiger partial charge in [0.15, 0.2) is 5.25 Å². The fraction of sp³-hybridized carbons (Fsp3) is 0.538. The quantitative estimate of drug-likeness (QED) is 0.895. The molecule has 0 saturated carbocycles. The van der Waals surface area contributed by atoms with E-state index in [2.05, 4.69) is 0 Å². The summed E-state index contributed by atoms with van der Waals surface area (Å²) in [6, 6.07) is 4.92. The average molecular weight is 311 g/mol. The Balaban J connectivity index is 2.09. The summed E-state index contributed by atoms with van der Waals surface area (Å²) in [5, 5.41) is 16.8. The molecule has 1 saturated heterocycles. The Morgan fingerprint density at radius 1 is 1.48 bits per heavy atom. The van der Waals surface area contributed by atoms with Crippen LogP contribution in [0.25, 0.3) is 0 Å². The minimum atomic E-state index is -3.58. The smallest absolute Gasteiger partial charge is 0.352 e. The number of sulfonamides is 1. The molecule has 1 atom stereocenters. The highest BCUT2D eigenvalue weighted by Crippen LogP contribution is 2.27. The summed E-state index contributed by atoms with van der Waals surface area (Å²) in [6.45, 7) is 1.97.